The van der Waals surface area contributed by atoms with Gasteiger partial charge in [0.15, 0.2) is 0 Å². The number of carbonyl (C=O) groups is 2. The van der Waals surface area contributed by atoms with E-state index in [9.17, 15) is 14.0 Å². The van der Waals surface area contributed by atoms with Gasteiger partial charge in [-0.25, -0.2) is 4.39 Å². The molecule has 26 heavy (non-hydrogen) atoms. The molecule has 2 heterocycles. The topological polar surface area (TPSA) is 71.5 Å². The first-order chi connectivity index (χ1) is 12.5. The van der Waals surface area contributed by atoms with Crippen LogP contribution in [-0.4, -0.2) is 43.6 Å². The van der Waals surface area contributed by atoms with Crippen molar-refractivity contribution in [1.82, 2.24) is 10.3 Å². The van der Waals surface area contributed by atoms with Gasteiger partial charge in [-0.05, 0) is 23.8 Å². The zero-order valence-corrected chi connectivity index (χ0v) is 14.8. The molecule has 136 valence electrons. The van der Waals surface area contributed by atoms with Crippen molar-refractivity contribution in [2.75, 3.05) is 31.7 Å². The summed E-state index contributed by atoms with van der Waals surface area (Å²) in [6.07, 6.45) is 1.75. The molecule has 0 aliphatic carbocycles. The number of methoxy groups -OCH3 is 1. The van der Waals surface area contributed by atoms with Crippen molar-refractivity contribution in [3.63, 3.8) is 0 Å². The minimum atomic E-state index is -0.505. The number of nitrogens with zero attached hydrogens (tertiary/aromatic N) is 2. The fraction of sp³-hybridized carbons (Fsp3) is 0.278. The number of nitrogens with one attached hydrogen (secondary N) is 1. The highest BCUT2D eigenvalue weighted by atomic mass is 35.5. The average molecular weight is 378 g/mol. The maximum atomic E-state index is 13.4. The van der Waals surface area contributed by atoms with E-state index >= 15 is 0 Å². The maximum absolute atomic E-state index is 13.4. The number of carbonyl (C=O) groups excluding carboxylic acids is 2. The van der Waals surface area contributed by atoms with E-state index in [2.05, 4.69) is 10.3 Å². The molecule has 1 aliphatic rings. The number of hydrogen-bond acceptors (Lipinski definition) is 4. The van der Waals surface area contributed by atoms with Gasteiger partial charge in [-0.3, -0.25) is 14.6 Å². The summed E-state index contributed by atoms with van der Waals surface area (Å²) in [5.74, 6) is -0.976. The third-order valence-electron chi connectivity index (χ3n) is 4.04. The van der Waals surface area contributed by atoms with Gasteiger partial charge in [0.25, 0.3) is 0 Å². The summed E-state index contributed by atoms with van der Waals surface area (Å²) in [6, 6.07) is 6.12. The van der Waals surface area contributed by atoms with Gasteiger partial charge in [-0.2, -0.15) is 0 Å². The van der Waals surface area contributed by atoms with Crippen molar-refractivity contribution in [3.05, 3.63) is 47.0 Å². The molecule has 1 aromatic carbocycles. The van der Waals surface area contributed by atoms with Crippen molar-refractivity contribution < 1.29 is 18.7 Å². The molecule has 0 radical (unpaired) electrons. The summed E-state index contributed by atoms with van der Waals surface area (Å²) >= 11 is 5.84. The maximum Gasteiger partial charge on any atom is 0.240 e. The number of hydrogen-bond donors (Lipinski definition) is 1. The molecule has 2 amide bonds. The molecule has 2 aromatic rings. The molecule has 0 unspecified atom stereocenters. The number of fused-ring (bicyclic) bond motifs is 1. The number of pyridine rings is 1. The van der Waals surface area contributed by atoms with Gasteiger partial charge in [0.2, 0.25) is 11.8 Å². The van der Waals surface area contributed by atoms with Crippen LogP contribution in [0.1, 0.15) is 5.69 Å². The lowest BCUT2D eigenvalue weighted by Gasteiger charge is -2.17. The number of rotatable bonds is 6. The van der Waals surface area contributed by atoms with Gasteiger partial charge in [-0.15, -0.1) is 0 Å². The molecule has 3 rings (SSSR count). The Hall–Kier alpha value is -2.51. The first kappa shape index (κ1) is 18.3. The summed E-state index contributed by atoms with van der Waals surface area (Å²) < 4.78 is 18.2. The second-order valence-electron chi connectivity index (χ2n) is 5.82. The van der Waals surface area contributed by atoms with Gasteiger partial charge in [0.1, 0.15) is 12.4 Å². The number of ether oxygens (including phenoxy) is 1. The molecule has 0 spiro atoms. The SMILES string of the molecule is COCCNC(=O)CN1C(=O)Cc2ncc(-c3ccc(F)c(Cl)c3)cc21. The molecule has 1 N–H and O–H groups in total. The number of anilines is 1. The molecule has 0 saturated carbocycles. The van der Waals surface area contributed by atoms with Crippen LogP contribution < -0.4 is 10.2 Å². The van der Waals surface area contributed by atoms with Crippen LogP contribution in [0.25, 0.3) is 11.1 Å². The fourth-order valence-electron chi connectivity index (χ4n) is 2.72. The molecule has 0 fully saturated rings. The molecule has 6 nitrogen and oxygen atoms in total. The highest BCUT2D eigenvalue weighted by molar-refractivity contribution is 6.31. The molecule has 8 heteroatoms. The third-order valence-corrected chi connectivity index (χ3v) is 4.33. The van der Waals surface area contributed by atoms with Crippen molar-refractivity contribution >= 4 is 29.1 Å². The molecule has 1 aliphatic heterocycles. The summed E-state index contributed by atoms with van der Waals surface area (Å²) in [5.41, 5.74) is 2.55. The second kappa shape index (κ2) is 7.80. The number of benzene rings is 1. The lowest BCUT2D eigenvalue weighted by atomic mass is 10.1. The van der Waals surface area contributed by atoms with Crippen LogP contribution >= 0.6 is 11.6 Å². The van der Waals surface area contributed by atoms with Crippen LogP contribution in [0.2, 0.25) is 5.02 Å². The molecular weight excluding hydrogens is 361 g/mol. The van der Waals surface area contributed by atoms with E-state index in [4.69, 9.17) is 16.3 Å². The first-order valence-electron chi connectivity index (χ1n) is 8.00. The third kappa shape index (κ3) is 3.84. The van der Waals surface area contributed by atoms with Crippen LogP contribution in [0.15, 0.2) is 30.5 Å². The Balaban J connectivity index is 1.83. The Kier molecular flexibility index (Phi) is 5.49. The predicted molar refractivity (Wildman–Crippen MR) is 95.6 cm³/mol. The number of aromatic nitrogens is 1. The predicted octanol–water partition coefficient (Wildman–Crippen LogP) is 2.19. The van der Waals surface area contributed by atoms with Crippen LogP contribution in [0.5, 0.6) is 0 Å². The fourth-order valence-corrected chi connectivity index (χ4v) is 2.90. The summed E-state index contributed by atoms with van der Waals surface area (Å²) in [5, 5.41) is 2.69. The van der Waals surface area contributed by atoms with Crippen molar-refractivity contribution in [3.8, 4) is 11.1 Å². The van der Waals surface area contributed by atoms with Crippen LogP contribution in [0, 0.1) is 5.82 Å². The Labute approximate surface area is 154 Å². The highest BCUT2D eigenvalue weighted by Gasteiger charge is 2.30. The Morgan fingerprint density at radius 2 is 2.19 bits per heavy atom. The smallest absolute Gasteiger partial charge is 0.240 e. The summed E-state index contributed by atoms with van der Waals surface area (Å²) in [7, 11) is 1.54. The second-order valence-corrected chi connectivity index (χ2v) is 6.23. The molecule has 0 saturated heterocycles. The highest BCUT2D eigenvalue weighted by Crippen LogP contribution is 2.32. The normalized spacial score (nSPS) is 13.0. The van der Waals surface area contributed by atoms with Gasteiger partial charge in [0.05, 0.1) is 29.4 Å². The van der Waals surface area contributed by atoms with Gasteiger partial charge in [0, 0.05) is 25.4 Å². The lowest BCUT2D eigenvalue weighted by Crippen LogP contribution is -2.40. The minimum absolute atomic E-state index is 0.00783. The van der Waals surface area contributed by atoms with Crippen molar-refractivity contribution in [2.24, 2.45) is 0 Å². The Bertz CT molecular complexity index is 860. The van der Waals surface area contributed by atoms with Crippen LogP contribution in [-0.2, 0) is 20.7 Å². The quantitative estimate of drug-likeness (QED) is 0.783. The molecule has 1 aromatic heterocycles. The van der Waals surface area contributed by atoms with E-state index in [-0.39, 0.29) is 29.8 Å². The van der Waals surface area contributed by atoms with E-state index in [1.165, 1.54) is 17.0 Å². The van der Waals surface area contributed by atoms with Gasteiger partial charge in [-0.1, -0.05) is 17.7 Å². The monoisotopic (exact) mass is 377 g/mol. The molecular formula is C18H17ClFN3O3. The largest absolute Gasteiger partial charge is 0.383 e. The zero-order chi connectivity index (χ0) is 18.7. The lowest BCUT2D eigenvalue weighted by molar-refractivity contribution is -0.123. The first-order valence-corrected chi connectivity index (χ1v) is 8.37. The van der Waals surface area contributed by atoms with Crippen molar-refractivity contribution in [1.29, 1.82) is 0 Å². The van der Waals surface area contributed by atoms with Gasteiger partial charge >= 0.3 is 0 Å². The average Bonchev–Trinajstić information content (AvgIpc) is 2.92. The van der Waals surface area contributed by atoms with E-state index in [1.807, 2.05) is 0 Å². The summed E-state index contributed by atoms with van der Waals surface area (Å²) in [4.78, 5) is 30.0. The van der Waals surface area contributed by atoms with E-state index in [1.54, 1.807) is 25.4 Å². The standard InChI is InChI=1S/C18H17ClFN3O3/c1-26-5-4-21-17(24)10-23-16-7-12(9-22-15(16)8-18(23)25)11-2-3-14(20)13(19)6-11/h2-3,6-7,9H,4-5,8,10H2,1H3,(H,21,24). The number of amides is 2. The Morgan fingerprint density at radius 3 is 2.92 bits per heavy atom. The molecule has 0 atom stereocenters. The summed E-state index contributed by atoms with van der Waals surface area (Å²) in [6.45, 7) is 0.675. The Morgan fingerprint density at radius 1 is 1.38 bits per heavy atom. The van der Waals surface area contributed by atoms with Crippen LogP contribution in [0.4, 0.5) is 10.1 Å². The van der Waals surface area contributed by atoms with E-state index in [0.717, 1.165) is 0 Å². The minimum Gasteiger partial charge on any atom is -0.383 e. The zero-order valence-electron chi connectivity index (χ0n) is 14.1. The van der Waals surface area contributed by atoms with Crippen LogP contribution in [0.3, 0.4) is 0 Å². The van der Waals surface area contributed by atoms with E-state index in [0.29, 0.717) is 35.7 Å². The number of halogens is 2. The van der Waals surface area contributed by atoms with Gasteiger partial charge < -0.3 is 15.0 Å². The van der Waals surface area contributed by atoms with E-state index < -0.39 is 5.82 Å². The van der Waals surface area contributed by atoms with Crippen molar-refractivity contribution in [2.45, 2.75) is 6.42 Å². The molecule has 0 bridgehead atoms.